The Morgan fingerprint density at radius 2 is 2.23 bits per heavy atom. The van der Waals surface area contributed by atoms with E-state index < -0.39 is 0 Å². The molecule has 1 amide bonds. The molecule has 6 nitrogen and oxygen atoms in total. The van der Waals surface area contributed by atoms with Crippen LogP contribution in [0.25, 0.3) is 0 Å². The number of pyridine rings is 1. The van der Waals surface area contributed by atoms with Crippen molar-refractivity contribution < 1.29 is 4.79 Å². The maximum Gasteiger partial charge on any atom is 0.223 e. The van der Waals surface area contributed by atoms with Crippen molar-refractivity contribution in [1.29, 1.82) is 0 Å². The van der Waals surface area contributed by atoms with Crippen LogP contribution in [0.3, 0.4) is 0 Å². The van der Waals surface area contributed by atoms with E-state index in [2.05, 4.69) is 26.9 Å². The SMILES string of the molecule is CN1CCN(C(=O)CCc2ccccn2)CC1c1ncc[nH]1. The van der Waals surface area contributed by atoms with Crippen LogP contribution in [0.2, 0.25) is 0 Å². The lowest BCUT2D eigenvalue weighted by molar-refractivity contribution is -0.134. The van der Waals surface area contributed by atoms with E-state index in [1.807, 2.05) is 29.3 Å². The Morgan fingerprint density at radius 3 is 2.95 bits per heavy atom. The van der Waals surface area contributed by atoms with Gasteiger partial charge in [-0.3, -0.25) is 14.7 Å². The van der Waals surface area contributed by atoms with E-state index in [-0.39, 0.29) is 11.9 Å². The molecule has 0 saturated carbocycles. The maximum absolute atomic E-state index is 12.4. The smallest absolute Gasteiger partial charge is 0.223 e. The molecule has 1 N–H and O–H groups in total. The average Bonchev–Trinajstić information content (AvgIpc) is 3.08. The van der Waals surface area contributed by atoms with Crippen LogP contribution >= 0.6 is 0 Å². The van der Waals surface area contributed by atoms with Gasteiger partial charge < -0.3 is 9.88 Å². The lowest BCUT2D eigenvalue weighted by Crippen LogP contribution is -2.49. The van der Waals surface area contributed by atoms with Crippen molar-refractivity contribution >= 4 is 5.91 Å². The second kappa shape index (κ2) is 6.70. The topological polar surface area (TPSA) is 65.1 Å². The van der Waals surface area contributed by atoms with Crippen LogP contribution < -0.4 is 0 Å². The highest BCUT2D eigenvalue weighted by Gasteiger charge is 2.29. The summed E-state index contributed by atoms with van der Waals surface area (Å²) in [5, 5.41) is 0. The van der Waals surface area contributed by atoms with E-state index in [1.165, 1.54) is 0 Å². The molecule has 1 fully saturated rings. The first kappa shape index (κ1) is 14.7. The molecule has 0 radical (unpaired) electrons. The number of aromatic amines is 1. The van der Waals surface area contributed by atoms with Gasteiger partial charge in [-0.1, -0.05) is 6.07 Å². The number of amides is 1. The Morgan fingerprint density at radius 1 is 1.32 bits per heavy atom. The van der Waals surface area contributed by atoms with Gasteiger partial charge in [0.05, 0.1) is 6.04 Å². The molecule has 2 aromatic rings. The minimum absolute atomic E-state index is 0.141. The molecule has 116 valence electrons. The summed E-state index contributed by atoms with van der Waals surface area (Å²) in [5.74, 6) is 1.11. The van der Waals surface area contributed by atoms with Crippen molar-refractivity contribution in [2.24, 2.45) is 0 Å². The van der Waals surface area contributed by atoms with Crippen LogP contribution in [0.4, 0.5) is 0 Å². The number of rotatable bonds is 4. The minimum Gasteiger partial charge on any atom is -0.347 e. The van der Waals surface area contributed by atoms with Gasteiger partial charge in [-0.2, -0.15) is 0 Å². The van der Waals surface area contributed by atoms with Crippen LogP contribution in [0.15, 0.2) is 36.8 Å². The Bertz CT molecular complexity index is 598. The van der Waals surface area contributed by atoms with Gasteiger partial charge in [-0.15, -0.1) is 0 Å². The zero-order valence-electron chi connectivity index (χ0n) is 12.8. The van der Waals surface area contributed by atoms with E-state index in [9.17, 15) is 4.79 Å². The standard InChI is InChI=1S/C16H21N5O/c1-20-10-11-21(12-14(20)16-18-8-9-19-16)15(22)6-5-13-4-2-3-7-17-13/h2-4,7-9,14H,5-6,10-12H2,1H3,(H,18,19). The van der Waals surface area contributed by atoms with Crippen LogP contribution in [0.1, 0.15) is 24.0 Å². The summed E-state index contributed by atoms with van der Waals surface area (Å²) >= 11 is 0. The molecule has 0 aliphatic carbocycles. The predicted molar refractivity (Wildman–Crippen MR) is 83.1 cm³/mol. The van der Waals surface area contributed by atoms with Crippen molar-refractivity contribution in [2.75, 3.05) is 26.7 Å². The molecule has 6 heteroatoms. The fourth-order valence-electron chi connectivity index (χ4n) is 2.79. The number of aryl methyl sites for hydroxylation is 1. The summed E-state index contributed by atoms with van der Waals surface area (Å²) in [5.41, 5.74) is 0.965. The number of imidazole rings is 1. The fraction of sp³-hybridized carbons (Fsp3) is 0.438. The van der Waals surface area contributed by atoms with E-state index in [1.54, 1.807) is 12.4 Å². The zero-order chi connectivity index (χ0) is 15.4. The number of hydrogen-bond donors (Lipinski definition) is 1. The molecular formula is C16H21N5O. The summed E-state index contributed by atoms with van der Waals surface area (Å²) in [4.78, 5) is 28.4. The third kappa shape index (κ3) is 3.33. The lowest BCUT2D eigenvalue weighted by Gasteiger charge is -2.38. The molecule has 1 saturated heterocycles. The molecule has 0 spiro atoms. The number of nitrogens with one attached hydrogen (secondary N) is 1. The van der Waals surface area contributed by atoms with Crippen molar-refractivity contribution in [2.45, 2.75) is 18.9 Å². The van der Waals surface area contributed by atoms with Gasteiger partial charge in [0, 0.05) is 50.3 Å². The third-order valence-electron chi connectivity index (χ3n) is 4.16. The molecule has 22 heavy (non-hydrogen) atoms. The van der Waals surface area contributed by atoms with Gasteiger partial charge in [-0.25, -0.2) is 4.98 Å². The van der Waals surface area contributed by atoms with Gasteiger partial charge in [0.2, 0.25) is 5.91 Å². The summed E-state index contributed by atoms with van der Waals surface area (Å²) in [7, 11) is 2.07. The Hall–Kier alpha value is -2.21. The molecule has 3 rings (SSSR count). The number of carbonyl (C=O) groups excluding carboxylic acids is 1. The van der Waals surface area contributed by atoms with Gasteiger partial charge in [0.1, 0.15) is 5.82 Å². The van der Waals surface area contributed by atoms with Crippen LogP contribution in [-0.4, -0.2) is 57.3 Å². The molecule has 0 aromatic carbocycles. The molecule has 1 atom stereocenters. The summed E-state index contributed by atoms with van der Waals surface area (Å²) in [6, 6.07) is 5.95. The second-order valence-electron chi connectivity index (χ2n) is 5.63. The summed E-state index contributed by atoms with van der Waals surface area (Å²) < 4.78 is 0. The Labute approximate surface area is 130 Å². The zero-order valence-corrected chi connectivity index (χ0v) is 12.8. The van der Waals surface area contributed by atoms with Crippen molar-refractivity contribution in [3.63, 3.8) is 0 Å². The Balaban J connectivity index is 1.58. The van der Waals surface area contributed by atoms with Crippen LogP contribution in [-0.2, 0) is 11.2 Å². The number of likely N-dealkylation sites (N-methyl/N-ethyl adjacent to an activating group) is 1. The third-order valence-corrected chi connectivity index (χ3v) is 4.16. The van der Waals surface area contributed by atoms with E-state index >= 15 is 0 Å². The van der Waals surface area contributed by atoms with E-state index in [4.69, 9.17) is 0 Å². The maximum atomic E-state index is 12.4. The van der Waals surface area contributed by atoms with Crippen molar-refractivity contribution in [3.05, 3.63) is 48.3 Å². The number of hydrogen-bond acceptors (Lipinski definition) is 4. The first-order chi connectivity index (χ1) is 10.7. The number of nitrogens with zero attached hydrogens (tertiary/aromatic N) is 4. The molecule has 0 bridgehead atoms. The first-order valence-corrected chi connectivity index (χ1v) is 7.61. The fourth-order valence-corrected chi connectivity index (χ4v) is 2.79. The van der Waals surface area contributed by atoms with Gasteiger partial charge in [0.15, 0.2) is 0 Å². The largest absolute Gasteiger partial charge is 0.347 e. The molecular weight excluding hydrogens is 278 g/mol. The number of aromatic nitrogens is 3. The molecule has 2 aromatic heterocycles. The highest BCUT2D eigenvalue weighted by atomic mass is 16.2. The highest BCUT2D eigenvalue weighted by molar-refractivity contribution is 5.76. The average molecular weight is 299 g/mol. The van der Waals surface area contributed by atoms with Crippen LogP contribution in [0.5, 0.6) is 0 Å². The monoisotopic (exact) mass is 299 g/mol. The quantitative estimate of drug-likeness (QED) is 0.923. The molecule has 3 heterocycles. The van der Waals surface area contributed by atoms with Crippen molar-refractivity contribution in [1.82, 2.24) is 24.8 Å². The van der Waals surface area contributed by atoms with Gasteiger partial charge in [-0.05, 0) is 25.6 Å². The van der Waals surface area contributed by atoms with Gasteiger partial charge >= 0.3 is 0 Å². The Kier molecular flexibility index (Phi) is 4.48. The number of H-pyrrole nitrogens is 1. The number of carbonyl (C=O) groups is 1. The second-order valence-corrected chi connectivity index (χ2v) is 5.63. The van der Waals surface area contributed by atoms with E-state index in [0.29, 0.717) is 19.4 Å². The summed E-state index contributed by atoms with van der Waals surface area (Å²) in [6.45, 7) is 2.32. The number of piperazine rings is 1. The molecule has 1 aliphatic heterocycles. The normalized spacial score (nSPS) is 19.3. The highest BCUT2D eigenvalue weighted by Crippen LogP contribution is 2.21. The molecule has 1 unspecified atom stereocenters. The minimum atomic E-state index is 0.141. The first-order valence-electron chi connectivity index (χ1n) is 7.61. The predicted octanol–water partition coefficient (Wildman–Crippen LogP) is 1.25. The van der Waals surface area contributed by atoms with Gasteiger partial charge in [0.25, 0.3) is 0 Å². The molecule has 1 aliphatic rings. The lowest BCUT2D eigenvalue weighted by atomic mass is 10.1. The summed E-state index contributed by atoms with van der Waals surface area (Å²) in [6.07, 6.45) is 6.54. The van der Waals surface area contributed by atoms with Crippen molar-refractivity contribution in [3.8, 4) is 0 Å². The van der Waals surface area contributed by atoms with E-state index in [0.717, 1.165) is 24.6 Å². The van der Waals surface area contributed by atoms with Crippen LogP contribution in [0, 0.1) is 0 Å².